The molecule has 0 bridgehead atoms. The van der Waals surface area contributed by atoms with Crippen LogP contribution in [0.4, 0.5) is 0 Å². The van der Waals surface area contributed by atoms with Gasteiger partial charge in [0.25, 0.3) is 0 Å². The average Bonchev–Trinajstić information content (AvgIpc) is 2.31. The Hall–Kier alpha value is -0.350. The van der Waals surface area contributed by atoms with Crippen molar-refractivity contribution < 1.29 is 0 Å². The van der Waals surface area contributed by atoms with Crippen molar-refractivity contribution in [1.82, 2.24) is 15.3 Å². The molecule has 4 heteroatoms. The van der Waals surface area contributed by atoms with Gasteiger partial charge in [-0.2, -0.15) is 0 Å². The molecular formula is C9H16BrN3. The third-order valence-corrected chi connectivity index (χ3v) is 2.17. The lowest BCUT2D eigenvalue weighted by molar-refractivity contribution is 0.628. The summed E-state index contributed by atoms with van der Waals surface area (Å²) in [6, 6.07) is 0. The Bertz CT molecular complexity index is 268. The summed E-state index contributed by atoms with van der Waals surface area (Å²) < 4.78 is 0.827. The molecule has 0 aliphatic carbocycles. The molecule has 0 saturated heterocycles. The topological polar surface area (TPSA) is 40.7 Å². The first kappa shape index (κ1) is 10.7. The van der Waals surface area contributed by atoms with E-state index in [2.05, 4.69) is 45.1 Å². The molecule has 0 atom stereocenters. The minimum atomic E-state index is 0.644. The summed E-state index contributed by atoms with van der Waals surface area (Å²) in [5.74, 6) is 0.644. The van der Waals surface area contributed by atoms with Crippen LogP contribution >= 0.6 is 15.9 Å². The van der Waals surface area contributed by atoms with Gasteiger partial charge in [0.1, 0.15) is 0 Å². The highest BCUT2D eigenvalue weighted by Gasteiger charge is 2.09. The van der Waals surface area contributed by atoms with E-state index in [1.165, 1.54) is 5.69 Å². The van der Waals surface area contributed by atoms with E-state index in [1.54, 1.807) is 0 Å². The molecule has 0 aliphatic rings. The Morgan fingerprint density at radius 3 is 2.77 bits per heavy atom. The van der Waals surface area contributed by atoms with Crippen LogP contribution in [0.1, 0.15) is 25.2 Å². The fourth-order valence-electron chi connectivity index (χ4n) is 1.29. The predicted molar refractivity (Wildman–Crippen MR) is 57.6 cm³/mol. The van der Waals surface area contributed by atoms with Gasteiger partial charge in [0.2, 0.25) is 0 Å². The first-order valence-electron chi connectivity index (χ1n) is 4.51. The zero-order valence-electron chi connectivity index (χ0n) is 8.32. The third kappa shape index (κ3) is 3.12. The van der Waals surface area contributed by atoms with Crippen molar-refractivity contribution in [2.24, 2.45) is 5.92 Å². The highest BCUT2D eigenvalue weighted by atomic mass is 79.9. The van der Waals surface area contributed by atoms with Crippen LogP contribution in [0, 0.1) is 5.92 Å². The molecule has 1 heterocycles. The monoisotopic (exact) mass is 245 g/mol. The average molecular weight is 246 g/mol. The largest absolute Gasteiger partial charge is 0.335 e. The molecule has 2 N–H and O–H groups in total. The number of hydrogen-bond donors (Lipinski definition) is 2. The molecule has 3 nitrogen and oxygen atoms in total. The summed E-state index contributed by atoms with van der Waals surface area (Å²) in [6.07, 6.45) is 1.03. The number of H-pyrrole nitrogens is 1. The van der Waals surface area contributed by atoms with Gasteiger partial charge in [-0.05, 0) is 35.3 Å². The van der Waals surface area contributed by atoms with Gasteiger partial charge in [-0.1, -0.05) is 13.8 Å². The van der Waals surface area contributed by atoms with Crippen molar-refractivity contribution in [3.05, 3.63) is 16.1 Å². The van der Waals surface area contributed by atoms with Crippen molar-refractivity contribution in [1.29, 1.82) is 0 Å². The second-order valence-electron chi connectivity index (χ2n) is 3.58. The van der Waals surface area contributed by atoms with Gasteiger partial charge in [0.05, 0.1) is 11.4 Å². The molecule has 0 amide bonds. The number of halogens is 1. The summed E-state index contributed by atoms with van der Waals surface area (Å²) in [6.45, 7) is 5.25. The number of aromatic nitrogens is 2. The Morgan fingerprint density at radius 1 is 1.54 bits per heavy atom. The molecule has 1 aromatic rings. The molecule has 0 unspecified atom stereocenters. The minimum absolute atomic E-state index is 0.644. The summed E-state index contributed by atoms with van der Waals surface area (Å²) in [4.78, 5) is 7.58. The number of hydrogen-bond acceptors (Lipinski definition) is 2. The van der Waals surface area contributed by atoms with Crippen LogP contribution < -0.4 is 5.32 Å². The Balaban J connectivity index is 2.77. The van der Waals surface area contributed by atoms with Crippen LogP contribution in [-0.2, 0) is 13.0 Å². The molecule has 0 fully saturated rings. The summed E-state index contributed by atoms with van der Waals surface area (Å²) >= 11 is 3.35. The predicted octanol–water partition coefficient (Wildman–Crippen LogP) is 2.09. The van der Waals surface area contributed by atoms with E-state index in [0.717, 1.165) is 23.4 Å². The molecule has 13 heavy (non-hydrogen) atoms. The maximum absolute atomic E-state index is 4.39. The van der Waals surface area contributed by atoms with Crippen molar-refractivity contribution in [3.63, 3.8) is 0 Å². The lowest BCUT2D eigenvalue weighted by Crippen LogP contribution is -2.08. The van der Waals surface area contributed by atoms with Crippen molar-refractivity contribution in [3.8, 4) is 0 Å². The molecule has 74 valence electrons. The van der Waals surface area contributed by atoms with Gasteiger partial charge in [0.15, 0.2) is 4.73 Å². The number of nitrogens with one attached hydrogen (secondary N) is 2. The molecule has 0 radical (unpaired) electrons. The summed E-state index contributed by atoms with van der Waals surface area (Å²) in [7, 11) is 1.94. The molecular weight excluding hydrogens is 230 g/mol. The molecule has 1 rings (SSSR count). The minimum Gasteiger partial charge on any atom is -0.335 e. The van der Waals surface area contributed by atoms with Crippen molar-refractivity contribution >= 4 is 15.9 Å². The zero-order chi connectivity index (χ0) is 9.84. The van der Waals surface area contributed by atoms with Crippen molar-refractivity contribution in [2.45, 2.75) is 26.8 Å². The fraction of sp³-hybridized carbons (Fsp3) is 0.667. The first-order valence-corrected chi connectivity index (χ1v) is 5.30. The van der Waals surface area contributed by atoms with Crippen LogP contribution in [0.5, 0.6) is 0 Å². The van der Waals surface area contributed by atoms with Gasteiger partial charge >= 0.3 is 0 Å². The van der Waals surface area contributed by atoms with Crippen LogP contribution in [0.3, 0.4) is 0 Å². The van der Waals surface area contributed by atoms with Gasteiger partial charge in [0, 0.05) is 6.54 Å². The van der Waals surface area contributed by atoms with Crippen LogP contribution in [0.2, 0.25) is 0 Å². The van der Waals surface area contributed by atoms with Crippen LogP contribution in [0.25, 0.3) is 0 Å². The third-order valence-electron chi connectivity index (χ3n) is 1.79. The van der Waals surface area contributed by atoms with Gasteiger partial charge < -0.3 is 10.3 Å². The normalized spacial score (nSPS) is 11.2. The summed E-state index contributed by atoms with van der Waals surface area (Å²) in [5.41, 5.74) is 2.35. The smallest absolute Gasteiger partial charge is 0.174 e. The van der Waals surface area contributed by atoms with Crippen molar-refractivity contribution in [2.75, 3.05) is 7.05 Å². The Morgan fingerprint density at radius 2 is 2.23 bits per heavy atom. The van der Waals surface area contributed by atoms with Gasteiger partial charge in [-0.3, -0.25) is 0 Å². The van der Waals surface area contributed by atoms with Crippen LogP contribution in [-0.4, -0.2) is 17.0 Å². The van der Waals surface area contributed by atoms with Crippen LogP contribution in [0.15, 0.2) is 4.73 Å². The van der Waals surface area contributed by atoms with E-state index in [1.807, 2.05) is 7.05 Å². The zero-order valence-corrected chi connectivity index (χ0v) is 9.90. The second kappa shape index (κ2) is 4.77. The number of nitrogens with zero attached hydrogens (tertiary/aromatic N) is 1. The number of rotatable bonds is 4. The highest BCUT2D eigenvalue weighted by molar-refractivity contribution is 9.10. The lowest BCUT2D eigenvalue weighted by atomic mass is 10.1. The number of aromatic amines is 1. The lowest BCUT2D eigenvalue weighted by Gasteiger charge is -2.03. The maximum atomic E-state index is 4.39. The summed E-state index contributed by atoms with van der Waals surface area (Å²) in [5, 5.41) is 3.12. The SMILES string of the molecule is CNCc1[nH]c(Br)nc1CC(C)C. The second-order valence-corrected chi connectivity index (χ2v) is 4.33. The van der Waals surface area contributed by atoms with Gasteiger partial charge in [-0.25, -0.2) is 4.98 Å². The number of imidazole rings is 1. The first-order chi connectivity index (χ1) is 6.13. The molecule has 0 aliphatic heterocycles. The van der Waals surface area contributed by atoms with E-state index < -0.39 is 0 Å². The quantitative estimate of drug-likeness (QED) is 0.854. The molecule has 0 aromatic carbocycles. The van der Waals surface area contributed by atoms with E-state index in [0.29, 0.717) is 5.92 Å². The fourth-order valence-corrected chi connectivity index (χ4v) is 1.74. The molecule has 1 aromatic heterocycles. The van der Waals surface area contributed by atoms with E-state index in [9.17, 15) is 0 Å². The Kier molecular flexibility index (Phi) is 3.93. The molecule has 0 saturated carbocycles. The van der Waals surface area contributed by atoms with Gasteiger partial charge in [-0.15, -0.1) is 0 Å². The molecule has 0 spiro atoms. The maximum Gasteiger partial charge on any atom is 0.174 e. The van der Waals surface area contributed by atoms with E-state index in [4.69, 9.17) is 0 Å². The van der Waals surface area contributed by atoms with E-state index >= 15 is 0 Å². The standard InChI is InChI=1S/C9H16BrN3/c1-6(2)4-7-8(5-11-3)13-9(10)12-7/h6,11H,4-5H2,1-3H3,(H,12,13). The highest BCUT2D eigenvalue weighted by Crippen LogP contribution is 2.14. The van der Waals surface area contributed by atoms with E-state index in [-0.39, 0.29) is 0 Å². The Labute approximate surface area is 87.5 Å².